The Morgan fingerprint density at radius 1 is 1.21 bits per heavy atom. The third kappa shape index (κ3) is 1.99. The molecule has 0 atom stereocenters. The number of aryl methyl sites for hydroxylation is 2. The van der Waals surface area contributed by atoms with Gasteiger partial charge < -0.3 is 4.57 Å². The number of hydrogen-bond donors (Lipinski definition) is 0. The van der Waals surface area contributed by atoms with E-state index in [1.165, 1.54) is 10.9 Å². The fraction of sp³-hybridized carbons (Fsp3) is 0.312. The lowest BCUT2D eigenvalue weighted by Gasteiger charge is -2.08. The number of nitrogens with zero attached hydrogens (tertiary/aromatic N) is 3. The standard InChI is InChI=1S/C16H18N3/c1-3-5-10-19-15(4-2)18-14-11-17-13-9-7-6-8-12(13)16(14)19/h6-9,11H,1,3-5,10H2,2H3. The fourth-order valence-corrected chi connectivity index (χ4v) is 2.59. The van der Waals surface area contributed by atoms with Gasteiger partial charge in [-0.25, -0.2) is 4.98 Å². The van der Waals surface area contributed by atoms with Crippen LogP contribution in [0.1, 0.15) is 25.6 Å². The lowest BCUT2D eigenvalue weighted by Crippen LogP contribution is -2.03. The predicted molar refractivity (Wildman–Crippen MR) is 79.0 cm³/mol. The van der Waals surface area contributed by atoms with Gasteiger partial charge in [0, 0.05) is 18.4 Å². The van der Waals surface area contributed by atoms with E-state index in [1.54, 1.807) is 0 Å². The summed E-state index contributed by atoms with van der Waals surface area (Å²) < 4.78 is 2.34. The molecule has 97 valence electrons. The van der Waals surface area contributed by atoms with Crippen molar-refractivity contribution in [3.05, 3.63) is 43.2 Å². The summed E-state index contributed by atoms with van der Waals surface area (Å²) in [4.78, 5) is 9.20. The first-order valence-electron chi connectivity index (χ1n) is 6.87. The van der Waals surface area contributed by atoms with Crippen LogP contribution < -0.4 is 0 Å². The lowest BCUT2D eigenvalue weighted by molar-refractivity contribution is 0.635. The molecule has 2 aromatic heterocycles. The van der Waals surface area contributed by atoms with Crippen LogP contribution in [-0.4, -0.2) is 14.5 Å². The largest absolute Gasteiger partial charge is 0.327 e. The van der Waals surface area contributed by atoms with Crippen LogP contribution in [0, 0.1) is 6.92 Å². The van der Waals surface area contributed by atoms with Gasteiger partial charge in [-0.05, 0) is 12.5 Å². The minimum atomic E-state index is 0.945. The Morgan fingerprint density at radius 3 is 2.84 bits per heavy atom. The first-order chi connectivity index (χ1) is 9.35. The maximum Gasteiger partial charge on any atom is 0.109 e. The number of imidazole rings is 1. The minimum absolute atomic E-state index is 0.945. The molecule has 0 aliphatic heterocycles. The summed E-state index contributed by atoms with van der Waals surface area (Å²) in [5, 5.41) is 1.19. The molecule has 0 N–H and O–H groups in total. The van der Waals surface area contributed by atoms with E-state index in [0.717, 1.165) is 42.7 Å². The Morgan fingerprint density at radius 2 is 2.05 bits per heavy atom. The number of fused-ring (bicyclic) bond motifs is 3. The van der Waals surface area contributed by atoms with E-state index < -0.39 is 0 Å². The van der Waals surface area contributed by atoms with E-state index in [2.05, 4.69) is 41.6 Å². The van der Waals surface area contributed by atoms with Gasteiger partial charge in [-0.1, -0.05) is 38.5 Å². The summed E-state index contributed by atoms with van der Waals surface area (Å²) in [6, 6.07) is 8.28. The van der Waals surface area contributed by atoms with E-state index in [-0.39, 0.29) is 0 Å². The van der Waals surface area contributed by atoms with Crippen molar-refractivity contribution in [2.45, 2.75) is 32.7 Å². The van der Waals surface area contributed by atoms with E-state index in [0.29, 0.717) is 0 Å². The van der Waals surface area contributed by atoms with Crippen LogP contribution in [0.15, 0.2) is 30.5 Å². The van der Waals surface area contributed by atoms with Gasteiger partial charge in [0.05, 0.1) is 17.2 Å². The highest BCUT2D eigenvalue weighted by molar-refractivity contribution is 6.02. The van der Waals surface area contributed by atoms with Crippen molar-refractivity contribution >= 4 is 21.9 Å². The van der Waals surface area contributed by atoms with Gasteiger partial charge in [0.15, 0.2) is 0 Å². The molecule has 0 saturated heterocycles. The summed E-state index contributed by atoms with van der Waals surface area (Å²) in [6.45, 7) is 7.07. The normalized spacial score (nSPS) is 11.5. The first kappa shape index (κ1) is 12.2. The van der Waals surface area contributed by atoms with Crippen molar-refractivity contribution < 1.29 is 0 Å². The Labute approximate surface area is 113 Å². The molecule has 0 aliphatic carbocycles. The predicted octanol–water partition coefficient (Wildman–Crippen LogP) is 3.76. The van der Waals surface area contributed by atoms with Crippen molar-refractivity contribution in [3.63, 3.8) is 0 Å². The zero-order chi connectivity index (χ0) is 13.2. The fourth-order valence-electron chi connectivity index (χ4n) is 2.59. The second-order valence-electron chi connectivity index (χ2n) is 4.75. The quantitative estimate of drug-likeness (QED) is 0.707. The molecule has 0 amide bonds. The molecular weight excluding hydrogens is 234 g/mol. The average Bonchev–Trinajstić information content (AvgIpc) is 2.83. The van der Waals surface area contributed by atoms with Crippen LogP contribution in [0.2, 0.25) is 0 Å². The Kier molecular flexibility index (Phi) is 3.20. The molecule has 1 aromatic carbocycles. The number of rotatable bonds is 4. The van der Waals surface area contributed by atoms with Gasteiger partial charge in [0.25, 0.3) is 0 Å². The lowest BCUT2D eigenvalue weighted by atomic mass is 10.2. The molecular formula is C16H18N3. The van der Waals surface area contributed by atoms with Gasteiger partial charge in [0.1, 0.15) is 11.3 Å². The molecule has 2 heterocycles. The molecule has 0 aliphatic rings. The summed E-state index contributed by atoms with van der Waals surface area (Å²) >= 11 is 0. The third-order valence-electron chi connectivity index (χ3n) is 3.51. The van der Waals surface area contributed by atoms with Crippen molar-refractivity contribution in [1.82, 2.24) is 14.5 Å². The topological polar surface area (TPSA) is 30.7 Å². The van der Waals surface area contributed by atoms with E-state index in [1.807, 2.05) is 12.3 Å². The van der Waals surface area contributed by atoms with Crippen LogP contribution in [0.3, 0.4) is 0 Å². The third-order valence-corrected chi connectivity index (χ3v) is 3.51. The van der Waals surface area contributed by atoms with Crippen molar-refractivity contribution in [1.29, 1.82) is 0 Å². The molecule has 0 saturated carbocycles. The molecule has 0 unspecified atom stereocenters. The zero-order valence-electron chi connectivity index (χ0n) is 11.3. The second-order valence-corrected chi connectivity index (χ2v) is 4.75. The van der Waals surface area contributed by atoms with Crippen molar-refractivity contribution in [2.24, 2.45) is 0 Å². The van der Waals surface area contributed by atoms with Crippen LogP contribution in [0.4, 0.5) is 0 Å². The zero-order valence-corrected chi connectivity index (χ0v) is 11.3. The SMILES string of the molecule is [CH2]CCCn1c(CC)nc2cnc3ccccc3c21. The molecule has 19 heavy (non-hydrogen) atoms. The second kappa shape index (κ2) is 5.00. The Hall–Kier alpha value is -1.90. The van der Waals surface area contributed by atoms with Gasteiger partial charge in [-0.15, -0.1) is 0 Å². The van der Waals surface area contributed by atoms with Gasteiger partial charge in [0.2, 0.25) is 0 Å². The molecule has 3 aromatic rings. The van der Waals surface area contributed by atoms with E-state index in [9.17, 15) is 0 Å². The summed E-state index contributed by atoms with van der Waals surface area (Å²) in [6.07, 6.45) is 4.86. The van der Waals surface area contributed by atoms with E-state index in [4.69, 9.17) is 4.98 Å². The van der Waals surface area contributed by atoms with Crippen LogP contribution in [0.5, 0.6) is 0 Å². The Balaban J connectivity index is 2.32. The number of hydrogen-bond acceptors (Lipinski definition) is 2. The number of pyridine rings is 1. The summed E-state index contributed by atoms with van der Waals surface area (Å²) in [5.41, 5.74) is 3.25. The highest BCUT2D eigenvalue weighted by Gasteiger charge is 2.12. The highest BCUT2D eigenvalue weighted by Crippen LogP contribution is 2.25. The molecule has 3 heteroatoms. The molecule has 0 fully saturated rings. The van der Waals surface area contributed by atoms with Crippen LogP contribution >= 0.6 is 0 Å². The maximum absolute atomic E-state index is 4.71. The first-order valence-corrected chi connectivity index (χ1v) is 6.87. The number of para-hydroxylation sites is 1. The van der Waals surface area contributed by atoms with Crippen molar-refractivity contribution in [3.8, 4) is 0 Å². The maximum atomic E-state index is 4.71. The van der Waals surface area contributed by atoms with E-state index >= 15 is 0 Å². The molecule has 3 nitrogen and oxygen atoms in total. The molecule has 1 radical (unpaired) electrons. The number of benzene rings is 1. The van der Waals surface area contributed by atoms with Crippen LogP contribution in [0.25, 0.3) is 21.9 Å². The Bertz CT molecular complexity index is 712. The van der Waals surface area contributed by atoms with Gasteiger partial charge in [-0.3, -0.25) is 4.98 Å². The van der Waals surface area contributed by atoms with Crippen LogP contribution in [-0.2, 0) is 13.0 Å². The van der Waals surface area contributed by atoms with Crippen molar-refractivity contribution in [2.75, 3.05) is 0 Å². The van der Waals surface area contributed by atoms with Gasteiger partial charge >= 0.3 is 0 Å². The molecule has 0 bridgehead atoms. The number of aromatic nitrogens is 3. The van der Waals surface area contributed by atoms with Gasteiger partial charge in [-0.2, -0.15) is 0 Å². The monoisotopic (exact) mass is 252 g/mol. The molecule has 0 spiro atoms. The molecule has 3 rings (SSSR count). The average molecular weight is 252 g/mol. The number of unbranched alkanes of at least 4 members (excludes halogenated alkanes) is 1. The highest BCUT2D eigenvalue weighted by atomic mass is 15.1. The summed E-state index contributed by atoms with van der Waals surface area (Å²) in [7, 11) is 0. The summed E-state index contributed by atoms with van der Waals surface area (Å²) in [5.74, 6) is 1.14. The smallest absolute Gasteiger partial charge is 0.109 e. The minimum Gasteiger partial charge on any atom is -0.327 e.